The molecule has 0 fully saturated rings. The highest BCUT2D eigenvalue weighted by Crippen LogP contribution is 2.34. The molecular weight excluding hydrogens is 438 g/mol. The van der Waals surface area contributed by atoms with Crippen molar-refractivity contribution in [3.05, 3.63) is 35.5 Å². The number of anilines is 1. The van der Waals surface area contributed by atoms with Crippen LogP contribution in [0.4, 0.5) is 5.69 Å². The van der Waals surface area contributed by atoms with Crippen LogP contribution in [0.15, 0.2) is 25.1 Å². The number of hydrogen-bond acceptors (Lipinski definition) is 4. The van der Waals surface area contributed by atoms with Crippen molar-refractivity contribution in [2.45, 2.75) is 19.3 Å². The van der Waals surface area contributed by atoms with Crippen molar-refractivity contribution >= 4 is 71.9 Å². The van der Waals surface area contributed by atoms with Crippen LogP contribution in [0.25, 0.3) is 0 Å². The summed E-state index contributed by atoms with van der Waals surface area (Å²) in [6, 6.07) is 3.74. The zero-order chi connectivity index (χ0) is 15.0. The summed E-state index contributed by atoms with van der Waals surface area (Å²) in [7, 11) is 0. The summed E-state index contributed by atoms with van der Waals surface area (Å²) in [4.78, 5) is 27.6. The molecule has 0 atom stereocenters. The Morgan fingerprint density at radius 2 is 2.14 bits per heavy atom. The third kappa shape index (κ3) is 3.16. The Kier molecular flexibility index (Phi) is 4.63. The van der Waals surface area contributed by atoms with Crippen LogP contribution in [0.2, 0.25) is 0 Å². The van der Waals surface area contributed by atoms with Gasteiger partial charge in [-0.2, -0.15) is 0 Å². The summed E-state index contributed by atoms with van der Waals surface area (Å²) in [5, 5.41) is 1.98. The molecule has 0 aromatic carbocycles. The SMILES string of the molecule is O=C(CN1C(=O)CCCc2sccc21)c1cc(Br)sc1Br. The Hall–Kier alpha value is -0.500. The van der Waals surface area contributed by atoms with E-state index in [-0.39, 0.29) is 18.2 Å². The molecule has 1 aliphatic rings. The normalized spacial score (nSPS) is 15.0. The van der Waals surface area contributed by atoms with Gasteiger partial charge in [0, 0.05) is 16.9 Å². The molecule has 1 aliphatic heterocycles. The molecule has 0 unspecified atom stereocenters. The smallest absolute Gasteiger partial charge is 0.227 e. The van der Waals surface area contributed by atoms with Crippen molar-refractivity contribution in [1.82, 2.24) is 0 Å². The second kappa shape index (κ2) is 6.32. The van der Waals surface area contributed by atoms with Gasteiger partial charge in [0.15, 0.2) is 5.78 Å². The van der Waals surface area contributed by atoms with Crippen LogP contribution in [0, 0.1) is 0 Å². The highest BCUT2D eigenvalue weighted by Gasteiger charge is 2.26. The van der Waals surface area contributed by atoms with Gasteiger partial charge in [0.1, 0.15) is 0 Å². The molecule has 0 bridgehead atoms. The summed E-state index contributed by atoms with van der Waals surface area (Å²) in [5.41, 5.74) is 1.53. The molecule has 0 spiro atoms. The predicted octanol–water partition coefficient (Wildman–Crippen LogP) is 4.89. The number of ketones is 1. The third-order valence-corrected chi connectivity index (χ3v) is 6.68. The molecule has 0 saturated carbocycles. The number of aryl methyl sites for hydroxylation is 1. The lowest BCUT2D eigenvalue weighted by Crippen LogP contribution is -2.35. The Morgan fingerprint density at radius 1 is 1.33 bits per heavy atom. The highest BCUT2D eigenvalue weighted by atomic mass is 79.9. The molecule has 0 radical (unpaired) electrons. The molecule has 7 heteroatoms. The number of nitrogens with zero attached hydrogens (tertiary/aromatic N) is 1. The van der Waals surface area contributed by atoms with E-state index in [9.17, 15) is 9.59 Å². The van der Waals surface area contributed by atoms with Gasteiger partial charge in [-0.05, 0) is 62.2 Å². The van der Waals surface area contributed by atoms with E-state index in [0.29, 0.717) is 12.0 Å². The number of fused-ring (bicyclic) bond motifs is 1. The number of Topliss-reactive ketones (excluding diaryl/α,β-unsaturated/α-hetero) is 1. The molecule has 3 rings (SSSR count). The van der Waals surface area contributed by atoms with Crippen LogP contribution in [0.1, 0.15) is 28.1 Å². The van der Waals surface area contributed by atoms with Crippen molar-refractivity contribution < 1.29 is 9.59 Å². The molecule has 0 saturated heterocycles. The van der Waals surface area contributed by atoms with E-state index in [0.717, 1.165) is 26.1 Å². The molecule has 0 aliphatic carbocycles. The van der Waals surface area contributed by atoms with E-state index in [4.69, 9.17) is 0 Å². The minimum absolute atomic E-state index is 0.0333. The van der Waals surface area contributed by atoms with Crippen molar-refractivity contribution in [2.24, 2.45) is 0 Å². The van der Waals surface area contributed by atoms with E-state index >= 15 is 0 Å². The van der Waals surface area contributed by atoms with E-state index in [1.54, 1.807) is 22.3 Å². The van der Waals surface area contributed by atoms with Crippen LogP contribution in [-0.4, -0.2) is 18.2 Å². The van der Waals surface area contributed by atoms with Gasteiger partial charge in [-0.25, -0.2) is 0 Å². The average Bonchev–Trinajstić information content (AvgIpc) is 2.99. The Labute approximate surface area is 147 Å². The minimum atomic E-state index is -0.0452. The van der Waals surface area contributed by atoms with E-state index in [1.807, 2.05) is 11.4 Å². The van der Waals surface area contributed by atoms with E-state index < -0.39 is 0 Å². The zero-order valence-electron chi connectivity index (χ0n) is 10.9. The van der Waals surface area contributed by atoms with Crippen LogP contribution in [-0.2, 0) is 11.2 Å². The number of rotatable bonds is 3. The molecule has 3 nitrogen and oxygen atoms in total. The fourth-order valence-corrected chi connectivity index (χ4v) is 6.14. The monoisotopic (exact) mass is 447 g/mol. The van der Waals surface area contributed by atoms with Crippen molar-refractivity contribution in [3.8, 4) is 0 Å². The lowest BCUT2D eigenvalue weighted by Gasteiger charge is -2.20. The summed E-state index contributed by atoms with van der Waals surface area (Å²) < 4.78 is 1.70. The molecule has 2 aromatic rings. The number of thiophene rings is 2. The largest absolute Gasteiger partial charge is 0.303 e. The van der Waals surface area contributed by atoms with Crippen molar-refractivity contribution in [1.29, 1.82) is 0 Å². The number of carbonyl (C=O) groups excluding carboxylic acids is 2. The number of carbonyl (C=O) groups is 2. The third-order valence-electron chi connectivity index (χ3n) is 3.37. The van der Waals surface area contributed by atoms with Gasteiger partial charge in [-0.3, -0.25) is 9.59 Å². The number of halogens is 2. The lowest BCUT2D eigenvalue weighted by atomic mass is 10.2. The second-order valence-corrected chi connectivity index (χ2v) is 9.47. The zero-order valence-corrected chi connectivity index (χ0v) is 15.7. The second-order valence-electron chi connectivity index (χ2n) is 4.72. The summed E-state index contributed by atoms with van der Waals surface area (Å²) in [5.74, 6) is -0.0119. The quantitative estimate of drug-likeness (QED) is 0.627. The van der Waals surface area contributed by atoms with Crippen LogP contribution in [0.5, 0.6) is 0 Å². The van der Waals surface area contributed by atoms with Crippen LogP contribution >= 0.6 is 54.5 Å². The van der Waals surface area contributed by atoms with Gasteiger partial charge in [-0.15, -0.1) is 22.7 Å². The molecule has 110 valence electrons. The fourth-order valence-electron chi connectivity index (χ4n) is 2.36. The van der Waals surface area contributed by atoms with Gasteiger partial charge < -0.3 is 4.90 Å². The number of amides is 1. The lowest BCUT2D eigenvalue weighted by molar-refractivity contribution is -0.118. The van der Waals surface area contributed by atoms with Gasteiger partial charge >= 0.3 is 0 Å². The number of hydrogen-bond donors (Lipinski definition) is 0. The average molecular weight is 449 g/mol. The Bertz CT molecular complexity index is 708. The van der Waals surface area contributed by atoms with Gasteiger partial charge in [0.25, 0.3) is 0 Å². The summed E-state index contributed by atoms with van der Waals surface area (Å²) >= 11 is 9.90. The molecule has 2 aromatic heterocycles. The van der Waals surface area contributed by atoms with E-state index in [1.165, 1.54) is 16.2 Å². The summed E-state index contributed by atoms with van der Waals surface area (Å²) in [6.07, 6.45) is 2.27. The predicted molar refractivity (Wildman–Crippen MR) is 93.7 cm³/mol. The highest BCUT2D eigenvalue weighted by molar-refractivity contribution is 9.12. The van der Waals surface area contributed by atoms with Crippen LogP contribution < -0.4 is 4.90 Å². The maximum Gasteiger partial charge on any atom is 0.227 e. The Balaban J connectivity index is 1.88. The first-order valence-corrected chi connectivity index (χ1v) is 9.69. The van der Waals surface area contributed by atoms with Crippen LogP contribution in [0.3, 0.4) is 0 Å². The maximum absolute atomic E-state index is 12.5. The van der Waals surface area contributed by atoms with Gasteiger partial charge in [0.05, 0.1) is 19.8 Å². The first-order chi connectivity index (χ1) is 10.1. The van der Waals surface area contributed by atoms with Gasteiger partial charge in [-0.1, -0.05) is 0 Å². The Morgan fingerprint density at radius 3 is 2.86 bits per heavy atom. The molecule has 3 heterocycles. The van der Waals surface area contributed by atoms with Gasteiger partial charge in [0.2, 0.25) is 5.91 Å². The molecule has 21 heavy (non-hydrogen) atoms. The van der Waals surface area contributed by atoms with E-state index in [2.05, 4.69) is 31.9 Å². The minimum Gasteiger partial charge on any atom is -0.303 e. The fraction of sp³-hybridized carbons (Fsp3) is 0.286. The summed E-state index contributed by atoms with van der Waals surface area (Å²) in [6.45, 7) is 0.102. The molecule has 0 N–H and O–H groups in total. The standard InChI is InChI=1S/C14H11Br2NO2S2/c15-12-6-8(14(16)21-12)10(18)7-17-9-4-5-20-11(9)2-1-3-13(17)19/h4-6H,1-3,7H2. The van der Waals surface area contributed by atoms with Crippen molar-refractivity contribution in [2.75, 3.05) is 11.4 Å². The van der Waals surface area contributed by atoms with Crippen molar-refractivity contribution in [3.63, 3.8) is 0 Å². The first-order valence-electron chi connectivity index (χ1n) is 6.41. The first kappa shape index (κ1) is 15.4. The molecular formula is C14H11Br2NO2S2. The topological polar surface area (TPSA) is 37.4 Å². The maximum atomic E-state index is 12.5. The molecule has 1 amide bonds.